The second kappa shape index (κ2) is 10.00. The van der Waals surface area contributed by atoms with E-state index in [1.165, 1.54) is 6.08 Å². The zero-order chi connectivity index (χ0) is 14.1. The molecule has 5 nitrogen and oxygen atoms in total. The van der Waals surface area contributed by atoms with E-state index in [-0.39, 0.29) is 32.0 Å². The Morgan fingerprint density at radius 1 is 1.25 bits per heavy atom. The normalized spacial score (nSPS) is 10.8. The molecule has 0 bridgehead atoms. The highest BCUT2D eigenvalue weighted by molar-refractivity contribution is 5.85. The zero-order valence-electron chi connectivity index (χ0n) is 11.0. The van der Waals surface area contributed by atoms with Gasteiger partial charge in [-0.2, -0.15) is 0 Å². The van der Waals surface area contributed by atoms with Crippen LogP contribution in [0.2, 0.25) is 0 Å². The summed E-state index contributed by atoms with van der Waals surface area (Å²) in [5.41, 5.74) is 6.39. The molecule has 6 heteroatoms. The number of esters is 2. The Morgan fingerprint density at radius 3 is 2.50 bits per heavy atom. The second-order valence-corrected chi connectivity index (χ2v) is 3.88. The maximum atomic E-state index is 11.5. The van der Waals surface area contributed by atoms with Gasteiger partial charge in [-0.25, -0.2) is 0 Å². The van der Waals surface area contributed by atoms with Crippen molar-refractivity contribution < 1.29 is 19.1 Å². The van der Waals surface area contributed by atoms with Crippen LogP contribution in [-0.4, -0.2) is 24.6 Å². The third kappa shape index (κ3) is 6.92. The van der Waals surface area contributed by atoms with Crippen molar-refractivity contribution in [2.45, 2.75) is 19.1 Å². The molecule has 0 aromatic heterocycles. The molecule has 0 saturated carbocycles. The van der Waals surface area contributed by atoms with Gasteiger partial charge in [0.15, 0.2) is 0 Å². The van der Waals surface area contributed by atoms with Gasteiger partial charge in [-0.15, -0.1) is 12.4 Å². The van der Waals surface area contributed by atoms with E-state index < -0.39 is 18.0 Å². The third-order valence-electron chi connectivity index (χ3n) is 2.28. The Balaban J connectivity index is 0.00000361. The van der Waals surface area contributed by atoms with E-state index in [4.69, 9.17) is 15.2 Å². The second-order valence-electron chi connectivity index (χ2n) is 3.88. The number of halogens is 1. The summed E-state index contributed by atoms with van der Waals surface area (Å²) in [6.07, 6.45) is 1.22. The zero-order valence-corrected chi connectivity index (χ0v) is 11.8. The van der Waals surface area contributed by atoms with E-state index in [9.17, 15) is 9.59 Å². The van der Waals surface area contributed by atoms with Crippen molar-refractivity contribution in [2.24, 2.45) is 5.73 Å². The first-order chi connectivity index (χ1) is 9.13. The van der Waals surface area contributed by atoms with Gasteiger partial charge in [0.1, 0.15) is 19.3 Å². The highest BCUT2D eigenvalue weighted by Gasteiger charge is 2.19. The van der Waals surface area contributed by atoms with Crippen LogP contribution in [-0.2, 0) is 25.7 Å². The number of ether oxygens (including phenoxy) is 2. The fraction of sp³-hybridized carbons (Fsp3) is 0.286. The van der Waals surface area contributed by atoms with E-state index >= 15 is 0 Å². The van der Waals surface area contributed by atoms with Crippen LogP contribution >= 0.6 is 12.4 Å². The van der Waals surface area contributed by atoms with Gasteiger partial charge in [0, 0.05) is 0 Å². The largest absolute Gasteiger partial charge is 0.461 e. The van der Waals surface area contributed by atoms with Crippen LogP contribution in [0.4, 0.5) is 0 Å². The van der Waals surface area contributed by atoms with E-state index in [0.717, 1.165) is 5.56 Å². The SMILES string of the molecule is C=CCOC(=O)[C@@H](N)CC(=O)OCc1ccccc1.Cl. The summed E-state index contributed by atoms with van der Waals surface area (Å²) in [6, 6.07) is 8.24. The fourth-order valence-electron chi connectivity index (χ4n) is 1.31. The van der Waals surface area contributed by atoms with Crippen LogP contribution in [0.5, 0.6) is 0 Å². The van der Waals surface area contributed by atoms with Gasteiger partial charge < -0.3 is 15.2 Å². The summed E-state index contributed by atoms with van der Waals surface area (Å²) in [5.74, 6) is -1.18. The molecule has 110 valence electrons. The number of hydrogen-bond acceptors (Lipinski definition) is 5. The molecule has 0 spiro atoms. The quantitative estimate of drug-likeness (QED) is 0.611. The van der Waals surface area contributed by atoms with Crippen LogP contribution < -0.4 is 5.73 Å². The lowest BCUT2D eigenvalue weighted by molar-refractivity contribution is -0.151. The molecule has 20 heavy (non-hydrogen) atoms. The monoisotopic (exact) mass is 299 g/mol. The minimum absolute atomic E-state index is 0. The molecule has 2 N–H and O–H groups in total. The number of carbonyl (C=O) groups is 2. The molecule has 1 rings (SSSR count). The highest BCUT2D eigenvalue weighted by Crippen LogP contribution is 2.03. The molecule has 1 aromatic carbocycles. The Hall–Kier alpha value is -1.85. The molecule has 1 atom stereocenters. The van der Waals surface area contributed by atoms with Gasteiger partial charge in [-0.05, 0) is 5.56 Å². The average Bonchev–Trinajstić information content (AvgIpc) is 2.43. The fourth-order valence-corrected chi connectivity index (χ4v) is 1.31. The van der Waals surface area contributed by atoms with Crippen molar-refractivity contribution in [1.82, 2.24) is 0 Å². The van der Waals surface area contributed by atoms with Crippen LogP contribution in [0.3, 0.4) is 0 Å². The van der Waals surface area contributed by atoms with Gasteiger partial charge in [-0.1, -0.05) is 43.0 Å². The Labute approximate surface area is 124 Å². The van der Waals surface area contributed by atoms with Crippen molar-refractivity contribution in [3.8, 4) is 0 Å². The lowest BCUT2D eigenvalue weighted by atomic mass is 10.2. The van der Waals surface area contributed by atoms with Crippen LogP contribution in [0.15, 0.2) is 43.0 Å². The molecule has 0 amide bonds. The summed E-state index contributed by atoms with van der Waals surface area (Å²) in [5, 5.41) is 0. The van der Waals surface area contributed by atoms with Gasteiger partial charge in [0.05, 0.1) is 6.42 Å². The molecule has 0 radical (unpaired) electrons. The van der Waals surface area contributed by atoms with Crippen molar-refractivity contribution in [3.05, 3.63) is 48.6 Å². The topological polar surface area (TPSA) is 78.6 Å². The molecule has 0 heterocycles. The predicted molar refractivity (Wildman–Crippen MR) is 77.2 cm³/mol. The lowest BCUT2D eigenvalue weighted by Crippen LogP contribution is -2.35. The highest BCUT2D eigenvalue weighted by atomic mass is 35.5. The summed E-state index contributed by atoms with van der Waals surface area (Å²) in [6.45, 7) is 3.64. The molecule has 0 aliphatic heterocycles. The minimum Gasteiger partial charge on any atom is -0.461 e. The van der Waals surface area contributed by atoms with Crippen LogP contribution in [0.1, 0.15) is 12.0 Å². The summed E-state index contributed by atoms with van der Waals surface area (Å²) >= 11 is 0. The van der Waals surface area contributed by atoms with E-state index in [1.54, 1.807) is 0 Å². The number of nitrogens with two attached hydrogens (primary N) is 1. The number of carbonyl (C=O) groups excluding carboxylic acids is 2. The molecular formula is C14H18ClNO4. The predicted octanol–water partition coefficient (Wildman–Crippen LogP) is 1.60. The van der Waals surface area contributed by atoms with Crippen molar-refractivity contribution in [2.75, 3.05) is 6.61 Å². The summed E-state index contributed by atoms with van der Waals surface area (Å²) in [4.78, 5) is 22.8. The number of benzene rings is 1. The molecule has 0 saturated heterocycles. The molecule has 0 aliphatic rings. The van der Waals surface area contributed by atoms with Crippen LogP contribution in [0.25, 0.3) is 0 Å². The van der Waals surface area contributed by atoms with E-state index in [0.29, 0.717) is 0 Å². The first-order valence-corrected chi connectivity index (χ1v) is 5.86. The van der Waals surface area contributed by atoms with E-state index in [2.05, 4.69) is 6.58 Å². The lowest BCUT2D eigenvalue weighted by Gasteiger charge is -2.10. The summed E-state index contributed by atoms with van der Waals surface area (Å²) in [7, 11) is 0. The smallest absolute Gasteiger partial charge is 0.323 e. The number of hydrogen-bond donors (Lipinski definition) is 1. The molecular weight excluding hydrogens is 282 g/mol. The Bertz CT molecular complexity index is 436. The van der Waals surface area contributed by atoms with Gasteiger partial charge in [-0.3, -0.25) is 9.59 Å². The third-order valence-corrected chi connectivity index (χ3v) is 2.28. The summed E-state index contributed by atoms with van der Waals surface area (Å²) < 4.78 is 9.73. The van der Waals surface area contributed by atoms with Crippen molar-refractivity contribution in [1.29, 1.82) is 0 Å². The number of rotatable bonds is 7. The van der Waals surface area contributed by atoms with E-state index in [1.807, 2.05) is 30.3 Å². The van der Waals surface area contributed by atoms with Crippen molar-refractivity contribution in [3.63, 3.8) is 0 Å². The van der Waals surface area contributed by atoms with Crippen LogP contribution in [0, 0.1) is 0 Å². The Kier molecular flexibility index (Phi) is 9.07. The first-order valence-electron chi connectivity index (χ1n) is 5.86. The van der Waals surface area contributed by atoms with Crippen molar-refractivity contribution >= 4 is 24.3 Å². The maximum absolute atomic E-state index is 11.5. The van der Waals surface area contributed by atoms with Gasteiger partial charge in [0.2, 0.25) is 0 Å². The maximum Gasteiger partial charge on any atom is 0.323 e. The molecule has 1 aromatic rings. The van der Waals surface area contributed by atoms with Gasteiger partial charge >= 0.3 is 11.9 Å². The molecule has 0 fully saturated rings. The average molecular weight is 300 g/mol. The minimum atomic E-state index is -1.01. The Morgan fingerprint density at radius 2 is 1.90 bits per heavy atom. The molecule has 0 unspecified atom stereocenters. The standard InChI is InChI=1S/C14H17NO4.ClH/c1-2-8-18-14(17)12(15)9-13(16)19-10-11-6-4-3-5-7-11;/h2-7,12H,1,8-10,15H2;1H/t12-;/m0./s1. The first kappa shape index (κ1) is 18.1. The molecule has 0 aliphatic carbocycles. The van der Waals surface area contributed by atoms with Gasteiger partial charge in [0.25, 0.3) is 0 Å².